The molecule has 0 unspecified atom stereocenters. The molecule has 132 valence electrons. The summed E-state index contributed by atoms with van der Waals surface area (Å²) in [7, 11) is 1.79. The summed E-state index contributed by atoms with van der Waals surface area (Å²) >= 11 is 6.31. The van der Waals surface area contributed by atoms with Gasteiger partial charge in [0.1, 0.15) is 5.69 Å². The number of aryl methyl sites for hydroxylation is 2. The Hall–Kier alpha value is -1.03. The minimum absolute atomic E-state index is 0.0642. The van der Waals surface area contributed by atoms with Crippen LogP contribution in [0.1, 0.15) is 68.1 Å². The zero-order valence-electron chi connectivity index (χ0n) is 14.9. The van der Waals surface area contributed by atoms with Gasteiger partial charge in [-0.2, -0.15) is 5.10 Å². The molecule has 0 aromatic carbocycles. The summed E-state index contributed by atoms with van der Waals surface area (Å²) in [5, 5.41) is 8.11. The maximum Gasteiger partial charge on any atom is 0.271 e. The van der Waals surface area contributed by atoms with Crippen LogP contribution in [-0.4, -0.2) is 21.7 Å². The predicted molar refractivity (Wildman–Crippen MR) is 95.1 cm³/mol. The van der Waals surface area contributed by atoms with Crippen LogP contribution in [-0.2, 0) is 7.05 Å². The second kappa shape index (κ2) is 5.76. The molecule has 1 aromatic heterocycles. The Kier molecular flexibility index (Phi) is 3.94. The number of hydrogen-bond acceptors (Lipinski definition) is 2. The van der Waals surface area contributed by atoms with E-state index in [9.17, 15) is 4.79 Å². The van der Waals surface area contributed by atoms with Crippen LogP contribution in [0.15, 0.2) is 0 Å². The van der Waals surface area contributed by atoms with E-state index >= 15 is 0 Å². The van der Waals surface area contributed by atoms with Crippen LogP contribution >= 0.6 is 11.6 Å². The van der Waals surface area contributed by atoms with Crippen molar-refractivity contribution >= 4 is 17.5 Å². The molecule has 4 bridgehead atoms. The Morgan fingerprint density at radius 3 is 2.25 bits per heavy atom. The molecule has 0 saturated heterocycles. The van der Waals surface area contributed by atoms with Gasteiger partial charge < -0.3 is 5.32 Å². The molecule has 24 heavy (non-hydrogen) atoms. The van der Waals surface area contributed by atoms with Gasteiger partial charge in [-0.1, -0.05) is 18.5 Å². The SMILES string of the molecule is CC[C@H](NC(=O)c1c(Cl)c(C)nn1C)C12CC3CC(CC(C3)C1)C2. The number of rotatable bonds is 4. The van der Waals surface area contributed by atoms with Crippen LogP contribution in [0, 0.1) is 30.1 Å². The molecule has 1 atom stereocenters. The van der Waals surface area contributed by atoms with Gasteiger partial charge in [0.25, 0.3) is 5.91 Å². The molecule has 1 N–H and O–H groups in total. The highest BCUT2D eigenvalue weighted by Crippen LogP contribution is 2.61. The van der Waals surface area contributed by atoms with E-state index in [0.717, 1.165) is 24.2 Å². The molecule has 0 aliphatic heterocycles. The largest absolute Gasteiger partial charge is 0.347 e. The summed E-state index contributed by atoms with van der Waals surface area (Å²) in [4.78, 5) is 12.9. The van der Waals surface area contributed by atoms with Gasteiger partial charge in [0.05, 0.1) is 10.7 Å². The van der Waals surface area contributed by atoms with E-state index in [1.807, 2.05) is 6.92 Å². The fraction of sp³-hybridized carbons (Fsp3) is 0.789. The van der Waals surface area contributed by atoms with Crippen LogP contribution in [0.2, 0.25) is 5.02 Å². The fourth-order valence-corrected chi connectivity index (χ4v) is 6.64. The highest BCUT2D eigenvalue weighted by Gasteiger charge is 2.54. The fourth-order valence-electron chi connectivity index (χ4n) is 6.40. The van der Waals surface area contributed by atoms with Crippen LogP contribution in [0.5, 0.6) is 0 Å². The Morgan fingerprint density at radius 1 is 1.29 bits per heavy atom. The van der Waals surface area contributed by atoms with Gasteiger partial charge in [0.2, 0.25) is 0 Å². The summed E-state index contributed by atoms with van der Waals surface area (Å²) in [6.07, 6.45) is 9.18. The molecule has 1 amide bonds. The van der Waals surface area contributed by atoms with Crippen molar-refractivity contribution in [2.24, 2.45) is 30.2 Å². The molecule has 4 aliphatic rings. The first-order chi connectivity index (χ1) is 11.4. The molecule has 5 heteroatoms. The monoisotopic (exact) mass is 349 g/mol. The van der Waals surface area contributed by atoms with Gasteiger partial charge in [0, 0.05) is 13.1 Å². The van der Waals surface area contributed by atoms with E-state index in [4.69, 9.17) is 11.6 Å². The Morgan fingerprint density at radius 2 is 1.83 bits per heavy atom. The summed E-state index contributed by atoms with van der Waals surface area (Å²) in [5.41, 5.74) is 1.53. The smallest absolute Gasteiger partial charge is 0.271 e. The Labute approximate surface area is 149 Å². The topological polar surface area (TPSA) is 46.9 Å². The average Bonchev–Trinajstić information content (AvgIpc) is 2.76. The number of halogens is 1. The van der Waals surface area contributed by atoms with Crippen molar-refractivity contribution in [1.29, 1.82) is 0 Å². The van der Waals surface area contributed by atoms with Gasteiger partial charge in [0.15, 0.2) is 0 Å². The van der Waals surface area contributed by atoms with E-state index < -0.39 is 0 Å². The van der Waals surface area contributed by atoms with E-state index in [1.54, 1.807) is 11.7 Å². The molecule has 5 rings (SSSR count). The third-order valence-corrected chi connectivity index (χ3v) is 7.36. The molecule has 4 aliphatic carbocycles. The molecular formula is C19H28ClN3O. The molecule has 1 heterocycles. The number of carbonyl (C=O) groups is 1. The molecule has 4 saturated carbocycles. The highest BCUT2D eigenvalue weighted by molar-refractivity contribution is 6.34. The molecule has 0 spiro atoms. The van der Waals surface area contributed by atoms with E-state index in [0.29, 0.717) is 21.8 Å². The molecule has 0 radical (unpaired) electrons. The number of aromatic nitrogens is 2. The Bertz CT molecular complexity index is 631. The van der Waals surface area contributed by atoms with Crippen LogP contribution in [0.4, 0.5) is 0 Å². The first-order valence-corrected chi connectivity index (χ1v) is 9.79. The minimum atomic E-state index is -0.0642. The van der Waals surface area contributed by atoms with Crippen molar-refractivity contribution in [1.82, 2.24) is 15.1 Å². The summed E-state index contributed by atoms with van der Waals surface area (Å²) in [5.74, 6) is 2.62. The standard InChI is InChI=1S/C19H28ClN3O/c1-4-15(21-18(24)17-16(20)11(2)22-23(17)3)19-8-12-5-13(9-19)7-14(6-12)10-19/h12-15H,4-10H2,1-3H3,(H,21,24)/t12?,13?,14?,15-,19?/m0/s1. The van der Waals surface area contributed by atoms with Crippen molar-refractivity contribution in [3.63, 3.8) is 0 Å². The third-order valence-electron chi connectivity index (χ3n) is 6.90. The molecule has 4 fully saturated rings. The highest BCUT2D eigenvalue weighted by atomic mass is 35.5. The lowest BCUT2D eigenvalue weighted by Gasteiger charge is -2.59. The number of amides is 1. The normalized spacial score (nSPS) is 35.2. The summed E-state index contributed by atoms with van der Waals surface area (Å²) in [6.45, 7) is 4.05. The second-order valence-corrected chi connectivity index (χ2v) is 8.96. The van der Waals surface area contributed by atoms with Gasteiger partial charge in [-0.15, -0.1) is 0 Å². The second-order valence-electron chi connectivity index (χ2n) is 8.59. The lowest BCUT2D eigenvalue weighted by Crippen LogP contribution is -2.56. The van der Waals surface area contributed by atoms with Crippen molar-refractivity contribution in [3.05, 3.63) is 16.4 Å². The Balaban J connectivity index is 1.57. The lowest BCUT2D eigenvalue weighted by atomic mass is 9.47. The zero-order chi connectivity index (χ0) is 17.1. The van der Waals surface area contributed by atoms with Crippen molar-refractivity contribution < 1.29 is 4.79 Å². The molecule has 1 aromatic rings. The quantitative estimate of drug-likeness (QED) is 0.889. The lowest BCUT2D eigenvalue weighted by molar-refractivity contribution is -0.0727. The molecular weight excluding hydrogens is 322 g/mol. The van der Waals surface area contributed by atoms with Gasteiger partial charge in [-0.3, -0.25) is 9.48 Å². The van der Waals surface area contributed by atoms with Crippen molar-refractivity contribution in [2.75, 3.05) is 0 Å². The van der Waals surface area contributed by atoms with Crippen LogP contribution in [0.25, 0.3) is 0 Å². The van der Waals surface area contributed by atoms with Gasteiger partial charge in [-0.05, 0) is 75.0 Å². The van der Waals surface area contributed by atoms with Gasteiger partial charge in [-0.25, -0.2) is 0 Å². The average molecular weight is 350 g/mol. The maximum absolute atomic E-state index is 12.9. The van der Waals surface area contributed by atoms with E-state index in [-0.39, 0.29) is 11.9 Å². The zero-order valence-corrected chi connectivity index (χ0v) is 15.7. The van der Waals surface area contributed by atoms with Gasteiger partial charge >= 0.3 is 0 Å². The first-order valence-electron chi connectivity index (χ1n) is 9.42. The number of hydrogen-bond donors (Lipinski definition) is 1. The maximum atomic E-state index is 12.9. The number of nitrogens with one attached hydrogen (secondary N) is 1. The minimum Gasteiger partial charge on any atom is -0.347 e. The predicted octanol–water partition coefficient (Wildman–Crippen LogP) is 4.11. The van der Waals surface area contributed by atoms with Crippen molar-refractivity contribution in [2.45, 2.75) is 64.8 Å². The number of nitrogens with zero attached hydrogens (tertiary/aromatic N) is 2. The van der Waals surface area contributed by atoms with Crippen LogP contribution < -0.4 is 5.32 Å². The third kappa shape index (κ3) is 2.49. The van der Waals surface area contributed by atoms with E-state index in [1.165, 1.54) is 38.5 Å². The summed E-state index contributed by atoms with van der Waals surface area (Å²) < 4.78 is 1.61. The van der Waals surface area contributed by atoms with E-state index in [2.05, 4.69) is 17.3 Å². The van der Waals surface area contributed by atoms with Crippen LogP contribution in [0.3, 0.4) is 0 Å². The van der Waals surface area contributed by atoms with Crippen molar-refractivity contribution in [3.8, 4) is 0 Å². The number of carbonyl (C=O) groups excluding carboxylic acids is 1. The first kappa shape index (κ1) is 16.4. The molecule has 4 nitrogen and oxygen atoms in total. The summed E-state index contributed by atoms with van der Waals surface area (Å²) in [6, 6.07) is 0.254.